The van der Waals surface area contributed by atoms with Crippen LogP contribution in [0.5, 0.6) is 23.0 Å². The van der Waals surface area contributed by atoms with Crippen LogP contribution in [0.3, 0.4) is 0 Å². The van der Waals surface area contributed by atoms with Crippen molar-refractivity contribution in [3.05, 3.63) is 84.9 Å². The molecule has 3 aromatic carbocycles. The predicted octanol–water partition coefficient (Wildman–Crippen LogP) is 3.94. The molecule has 8 heteroatoms. The average molecular weight is 472 g/mol. The van der Waals surface area contributed by atoms with Gasteiger partial charge in [0.25, 0.3) is 5.91 Å². The van der Waals surface area contributed by atoms with Gasteiger partial charge in [-0.1, -0.05) is 43.0 Å². The molecule has 5 rings (SSSR count). The number of rotatable bonds is 8. The number of anilines is 2. The molecule has 2 amide bonds. The molecule has 2 heterocycles. The molecule has 0 aromatic heterocycles. The third kappa shape index (κ3) is 4.63. The zero-order valence-corrected chi connectivity index (χ0v) is 19.0. The van der Waals surface area contributed by atoms with Gasteiger partial charge in [-0.05, 0) is 30.3 Å². The third-order valence-electron chi connectivity index (χ3n) is 5.73. The van der Waals surface area contributed by atoms with Crippen molar-refractivity contribution in [2.24, 2.45) is 0 Å². The van der Waals surface area contributed by atoms with Crippen molar-refractivity contribution in [1.82, 2.24) is 0 Å². The van der Waals surface area contributed by atoms with Gasteiger partial charge < -0.3 is 23.8 Å². The van der Waals surface area contributed by atoms with E-state index in [9.17, 15) is 9.59 Å². The summed E-state index contributed by atoms with van der Waals surface area (Å²) in [7, 11) is 0. The topological polar surface area (TPSA) is 77.5 Å². The summed E-state index contributed by atoms with van der Waals surface area (Å²) in [6.07, 6.45) is 1.67. The third-order valence-corrected chi connectivity index (χ3v) is 5.73. The quantitative estimate of drug-likeness (QED) is 0.462. The number of amides is 2. The molecule has 0 atom stereocenters. The highest BCUT2D eigenvalue weighted by Crippen LogP contribution is 2.37. The van der Waals surface area contributed by atoms with Gasteiger partial charge in [0, 0.05) is 17.3 Å². The molecule has 0 spiro atoms. The van der Waals surface area contributed by atoms with Gasteiger partial charge in [-0.25, -0.2) is 0 Å². The number of carbonyl (C=O) groups is 2. The maximum Gasteiger partial charge on any atom is 0.265 e. The zero-order valence-electron chi connectivity index (χ0n) is 19.0. The molecule has 3 aromatic rings. The van der Waals surface area contributed by atoms with Crippen molar-refractivity contribution in [3.8, 4) is 23.0 Å². The van der Waals surface area contributed by atoms with E-state index in [1.807, 2.05) is 30.3 Å². The number of ether oxygens (including phenoxy) is 4. The summed E-state index contributed by atoms with van der Waals surface area (Å²) < 4.78 is 22.3. The molecule has 0 saturated heterocycles. The van der Waals surface area contributed by atoms with Gasteiger partial charge in [-0.2, -0.15) is 0 Å². The lowest BCUT2D eigenvalue weighted by molar-refractivity contribution is -0.124. The Balaban J connectivity index is 1.48. The minimum atomic E-state index is -0.280. The van der Waals surface area contributed by atoms with Crippen molar-refractivity contribution in [3.63, 3.8) is 0 Å². The Morgan fingerprint density at radius 2 is 1.80 bits per heavy atom. The first-order valence-corrected chi connectivity index (χ1v) is 11.2. The van der Waals surface area contributed by atoms with Crippen LogP contribution < -0.4 is 28.7 Å². The number of carbonyl (C=O) groups excluding carboxylic acids is 2. The maximum atomic E-state index is 13.8. The number of benzene rings is 3. The summed E-state index contributed by atoms with van der Waals surface area (Å²) in [5.41, 5.74) is 2.00. The lowest BCUT2D eigenvalue weighted by Crippen LogP contribution is -2.46. The van der Waals surface area contributed by atoms with Crippen molar-refractivity contribution in [2.45, 2.75) is 6.54 Å². The SMILES string of the molecule is C=CCOc1ccccc1CN(C(=O)CN1C(=O)COc2ccccc21)c1ccc2c(c1)OCO2. The summed E-state index contributed by atoms with van der Waals surface area (Å²) in [6.45, 7) is 4.13. The number of fused-ring (bicyclic) bond motifs is 2. The van der Waals surface area contributed by atoms with E-state index in [1.165, 1.54) is 4.90 Å². The number of para-hydroxylation sites is 3. The molecule has 2 aliphatic heterocycles. The Morgan fingerprint density at radius 1 is 1.00 bits per heavy atom. The molecule has 0 saturated carbocycles. The molecule has 178 valence electrons. The first-order chi connectivity index (χ1) is 17.1. The van der Waals surface area contributed by atoms with Crippen molar-refractivity contribution < 1.29 is 28.5 Å². The average Bonchev–Trinajstić information content (AvgIpc) is 3.36. The highest BCUT2D eigenvalue weighted by molar-refractivity contribution is 6.05. The fourth-order valence-corrected chi connectivity index (χ4v) is 4.02. The van der Waals surface area contributed by atoms with E-state index >= 15 is 0 Å². The monoisotopic (exact) mass is 472 g/mol. The van der Waals surface area contributed by atoms with Crippen molar-refractivity contribution >= 4 is 23.2 Å². The van der Waals surface area contributed by atoms with Gasteiger partial charge in [0.2, 0.25) is 12.7 Å². The molecular formula is C27H24N2O6. The second kappa shape index (κ2) is 9.80. The summed E-state index contributed by atoms with van der Waals surface area (Å²) >= 11 is 0. The summed E-state index contributed by atoms with van der Waals surface area (Å²) in [5, 5.41) is 0. The molecule has 35 heavy (non-hydrogen) atoms. The van der Waals surface area contributed by atoms with Crippen LogP contribution in [0.1, 0.15) is 5.56 Å². The Labute approximate surface area is 202 Å². The Bertz CT molecular complexity index is 1270. The van der Waals surface area contributed by atoms with Gasteiger partial charge in [-0.3, -0.25) is 14.5 Å². The van der Waals surface area contributed by atoms with Gasteiger partial charge in [-0.15, -0.1) is 0 Å². The normalized spacial score (nSPS) is 13.6. The first kappa shape index (κ1) is 22.3. The molecule has 2 aliphatic rings. The Kier molecular flexibility index (Phi) is 6.26. The minimum Gasteiger partial charge on any atom is -0.489 e. The summed E-state index contributed by atoms with van der Waals surface area (Å²) in [6, 6.07) is 20.0. The van der Waals surface area contributed by atoms with E-state index in [-0.39, 0.29) is 38.3 Å². The molecule has 0 aliphatic carbocycles. The fraction of sp³-hybridized carbons (Fsp3) is 0.185. The Morgan fingerprint density at radius 3 is 2.69 bits per heavy atom. The van der Waals surface area contributed by atoms with Gasteiger partial charge in [0.15, 0.2) is 18.1 Å². The minimum absolute atomic E-state index is 0.119. The lowest BCUT2D eigenvalue weighted by atomic mass is 10.1. The molecule has 0 radical (unpaired) electrons. The number of nitrogens with zero attached hydrogens (tertiary/aromatic N) is 2. The predicted molar refractivity (Wildman–Crippen MR) is 130 cm³/mol. The second-order valence-corrected chi connectivity index (χ2v) is 7.96. The highest BCUT2D eigenvalue weighted by atomic mass is 16.7. The van der Waals surface area contributed by atoms with Crippen LogP contribution in [0, 0.1) is 0 Å². The standard InChI is InChI=1S/C27H24N2O6/c1-2-13-32-22-9-5-3-7-19(22)15-28(20-11-12-24-25(14-20)35-18-34-24)26(30)16-29-21-8-4-6-10-23(21)33-17-27(29)31/h2-12,14H,1,13,15-18H2. The summed E-state index contributed by atoms with van der Waals surface area (Å²) in [4.78, 5) is 29.5. The Hall–Kier alpha value is -4.46. The summed E-state index contributed by atoms with van der Waals surface area (Å²) in [5.74, 6) is 1.85. The van der Waals surface area contributed by atoms with E-state index in [4.69, 9.17) is 18.9 Å². The van der Waals surface area contributed by atoms with E-state index in [1.54, 1.807) is 47.4 Å². The highest BCUT2D eigenvalue weighted by Gasteiger charge is 2.30. The molecule has 0 unspecified atom stereocenters. The van der Waals surface area contributed by atoms with Crippen LogP contribution in [0.4, 0.5) is 11.4 Å². The molecule has 0 fully saturated rings. The van der Waals surface area contributed by atoms with Crippen molar-refractivity contribution in [1.29, 1.82) is 0 Å². The van der Waals surface area contributed by atoms with Crippen LogP contribution in [-0.4, -0.2) is 38.4 Å². The van der Waals surface area contributed by atoms with Crippen LogP contribution in [0.15, 0.2) is 79.4 Å². The molecule has 0 N–H and O–H groups in total. The smallest absolute Gasteiger partial charge is 0.265 e. The number of hydrogen-bond donors (Lipinski definition) is 0. The zero-order chi connectivity index (χ0) is 24.2. The fourth-order valence-electron chi connectivity index (χ4n) is 4.02. The maximum absolute atomic E-state index is 13.8. The molecule has 8 nitrogen and oxygen atoms in total. The lowest BCUT2D eigenvalue weighted by Gasteiger charge is -2.31. The van der Waals surface area contributed by atoms with Crippen LogP contribution >= 0.6 is 0 Å². The van der Waals surface area contributed by atoms with E-state index in [0.29, 0.717) is 41.0 Å². The van der Waals surface area contributed by atoms with E-state index in [0.717, 1.165) is 5.56 Å². The molecule has 0 bridgehead atoms. The van der Waals surface area contributed by atoms with Gasteiger partial charge in [0.05, 0.1) is 12.2 Å². The number of hydrogen-bond acceptors (Lipinski definition) is 6. The van der Waals surface area contributed by atoms with E-state index < -0.39 is 0 Å². The van der Waals surface area contributed by atoms with Gasteiger partial charge >= 0.3 is 0 Å². The van der Waals surface area contributed by atoms with Gasteiger partial charge in [0.1, 0.15) is 24.7 Å². The van der Waals surface area contributed by atoms with Crippen LogP contribution in [-0.2, 0) is 16.1 Å². The first-order valence-electron chi connectivity index (χ1n) is 11.2. The van der Waals surface area contributed by atoms with Crippen LogP contribution in [0.2, 0.25) is 0 Å². The molecular weight excluding hydrogens is 448 g/mol. The van der Waals surface area contributed by atoms with Crippen LogP contribution in [0.25, 0.3) is 0 Å². The largest absolute Gasteiger partial charge is 0.489 e. The second-order valence-electron chi connectivity index (χ2n) is 7.96. The van der Waals surface area contributed by atoms with E-state index in [2.05, 4.69) is 6.58 Å². The van der Waals surface area contributed by atoms with Crippen molar-refractivity contribution in [2.75, 3.05) is 36.4 Å².